The van der Waals surface area contributed by atoms with Crippen LogP contribution in [0.2, 0.25) is 0 Å². The van der Waals surface area contributed by atoms with Crippen LogP contribution in [0.1, 0.15) is 16.1 Å². The predicted molar refractivity (Wildman–Crippen MR) is 66.9 cm³/mol. The fraction of sp³-hybridized carbons (Fsp3) is 0. The second kappa shape index (κ2) is 5.58. The van der Waals surface area contributed by atoms with Crippen LogP contribution in [0.3, 0.4) is 0 Å². The minimum Gasteiger partial charge on any atom is -0.463 e. The highest BCUT2D eigenvalue weighted by molar-refractivity contribution is 5.98. The molecule has 0 bridgehead atoms. The lowest BCUT2D eigenvalue weighted by Gasteiger charge is -2.00. The minimum atomic E-state index is -0.657. The SMILES string of the molecule is O=C(N/N=C/c1ccco1)c1ccccc1[N+](=O)[O-]. The van der Waals surface area contributed by atoms with Gasteiger partial charge in [-0.05, 0) is 18.2 Å². The van der Waals surface area contributed by atoms with E-state index in [1.54, 1.807) is 12.1 Å². The van der Waals surface area contributed by atoms with Crippen LogP contribution in [0.4, 0.5) is 5.69 Å². The van der Waals surface area contributed by atoms with Crippen molar-refractivity contribution in [3.05, 3.63) is 64.1 Å². The molecule has 7 heteroatoms. The molecule has 96 valence electrons. The number of nitro benzene ring substituents is 1. The third kappa shape index (κ3) is 3.03. The molecule has 2 aromatic rings. The van der Waals surface area contributed by atoms with Gasteiger partial charge in [-0.1, -0.05) is 12.1 Å². The van der Waals surface area contributed by atoms with E-state index in [0.717, 1.165) is 0 Å². The Morgan fingerprint density at radius 2 is 2.11 bits per heavy atom. The van der Waals surface area contributed by atoms with Gasteiger partial charge < -0.3 is 4.42 Å². The number of benzene rings is 1. The second-order valence-electron chi connectivity index (χ2n) is 3.49. The molecule has 1 aromatic heterocycles. The summed E-state index contributed by atoms with van der Waals surface area (Å²) in [5, 5.41) is 14.4. The highest BCUT2D eigenvalue weighted by atomic mass is 16.6. The molecule has 0 radical (unpaired) electrons. The summed E-state index contributed by atoms with van der Waals surface area (Å²) in [4.78, 5) is 21.9. The van der Waals surface area contributed by atoms with Gasteiger partial charge in [0.25, 0.3) is 11.6 Å². The van der Waals surface area contributed by atoms with Gasteiger partial charge in [-0.2, -0.15) is 5.10 Å². The molecule has 0 aliphatic heterocycles. The second-order valence-corrected chi connectivity index (χ2v) is 3.49. The molecule has 1 aromatic carbocycles. The van der Waals surface area contributed by atoms with Crippen LogP contribution < -0.4 is 5.43 Å². The maximum absolute atomic E-state index is 11.7. The van der Waals surface area contributed by atoms with E-state index >= 15 is 0 Å². The average molecular weight is 259 g/mol. The fourth-order valence-electron chi connectivity index (χ4n) is 1.40. The zero-order valence-corrected chi connectivity index (χ0v) is 9.65. The molecule has 1 amide bonds. The Morgan fingerprint density at radius 1 is 1.32 bits per heavy atom. The van der Waals surface area contributed by atoms with Crippen molar-refractivity contribution in [1.29, 1.82) is 0 Å². The molecule has 19 heavy (non-hydrogen) atoms. The summed E-state index contributed by atoms with van der Waals surface area (Å²) in [6.45, 7) is 0. The highest BCUT2D eigenvalue weighted by Gasteiger charge is 2.18. The van der Waals surface area contributed by atoms with Crippen molar-refractivity contribution >= 4 is 17.8 Å². The van der Waals surface area contributed by atoms with Crippen molar-refractivity contribution in [2.75, 3.05) is 0 Å². The molecule has 0 saturated carbocycles. The average Bonchev–Trinajstić information content (AvgIpc) is 2.91. The monoisotopic (exact) mass is 259 g/mol. The van der Waals surface area contributed by atoms with Gasteiger partial charge in [0.15, 0.2) is 0 Å². The predicted octanol–water partition coefficient (Wildman–Crippen LogP) is 1.95. The van der Waals surface area contributed by atoms with Gasteiger partial charge in [0.2, 0.25) is 0 Å². The first-order valence-electron chi connectivity index (χ1n) is 5.29. The number of hydrogen-bond donors (Lipinski definition) is 1. The van der Waals surface area contributed by atoms with Gasteiger partial charge in [0.05, 0.1) is 17.4 Å². The van der Waals surface area contributed by atoms with Crippen molar-refractivity contribution in [2.45, 2.75) is 0 Å². The molecule has 0 fully saturated rings. The molecule has 1 N–H and O–H groups in total. The Hall–Kier alpha value is -2.96. The molecule has 7 nitrogen and oxygen atoms in total. The minimum absolute atomic E-state index is 0.0518. The van der Waals surface area contributed by atoms with E-state index in [9.17, 15) is 14.9 Å². The molecular weight excluding hydrogens is 250 g/mol. The van der Waals surface area contributed by atoms with Crippen molar-refractivity contribution in [3.63, 3.8) is 0 Å². The molecular formula is C12H9N3O4. The Bertz CT molecular complexity index is 620. The van der Waals surface area contributed by atoms with Crippen molar-refractivity contribution in [1.82, 2.24) is 5.43 Å². The molecule has 0 unspecified atom stereocenters. The molecule has 0 aliphatic rings. The number of hydrogen-bond acceptors (Lipinski definition) is 5. The Labute approximate surface area is 107 Å². The maximum atomic E-state index is 11.7. The number of hydrazone groups is 1. The molecule has 0 saturated heterocycles. The molecule has 0 atom stereocenters. The molecule has 0 aliphatic carbocycles. The fourth-order valence-corrected chi connectivity index (χ4v) is 1.40. The summed E-state index contributed by atoms with van der Waals surface area (Å²) < 4.78 is 4.97. The quantitative estimate of drug-likeness (QED) is 0.515. The van der Waals surface area contributed by atoms with Gasteiger partial charge in [-0.3, -0.25) is 14.9 Å². The van der Waals surface area contributed by atoms with Gasteiger partial charge in [0.1, 0.15) is 11.3 Å². The van der Waals surface area contributed by atoms with E-state index in [-0.39, 0.29) is 11.3 Å². The molecule has 0 spiro atoms. The summed E-state index contributed by atoms with van der Waals surface area (Å²) >= 11 is 0. The summed E-state index contributed by atoms with van der Waals surface area (Å²) in [6, 6.07) is 8.96. The lowest BCUT2D eigenvalue weighted by molar-refractivity contribution is -0.385. The van der Waals surface area contributed by atoms with Gasteiger partial charge in [0, 0.05) is 6.07 Å². The van der Waals surface area contributed by atoms with Crippen LogP contribution in [-0.4, -0.2) is 17.0 Å². The number of rotatable bonds is 4. The number of nitrogens with zero attached hydrogens (tertiary/aromatic N) is 2. The molecule has 1 heterocycles. The first-order chi connectivity index (χ1) is 9.18. The first-order valence-corrected chi connectivity index (χ1v) is 5.29. The van der Waals surface area contributed by atoms with E-state index in [4.69, 9.17) is 4.42 Å². The van der Waals surface area contributed by atoms with Crippen LogP contribution in [0.25, 0.3) is 0 Å². The van der Waals surface area contributed by atoms with Crippen molar-refractivity contribution < 1.29 is 14.1 Å². The van der Waals surface area contributed by atoms with Gasteiger partial charge in [-0.25, -0.2) is 5.43 Å². The van der Waals surface area contributed by atoms with Crippen LogP contribution in [-0.2, 0) is 0 Å². The third-order valence-electron chi connectivity index (χ3n) is 2.25. The summed E-state index contributed by atoms with van der Waals surface area (Å²) in [6.07, 6.45) is 2.76. The number of nitrogens with one attached hydrogen (secondary N) is 1. The first kappa shape index (κ1) is 12.5. The van der Waals surface area contributed by atoms with Gasteiger partial charge in [-0.15, -0.1) is 0 Å². The van der Waals surface area contributed by atoms with E-state index in [2.05, 4.69) is 10.5 Å². The van der Waals surface area contributed by atoms with Crippen LogP contribution >= 0.6 is 0 Å². The Kier molecular flexibility index (Phi) is 3.67. The normalized spacial score (nSPS) is 10.5. The number of nitro groups is 1. The number of para-hydroxylation sites is 1. The number of amides is 1. The van der Waals surface area contributed by atoms with E-state index < -0.39 is 10.8 Å². The standard InChI is InChI=1S/C12H9N3O4/c16-12(14-13-8-9-4-3-7-19-9)10-5-1-2-6-11(10)15(17)18/h1-8H,(H,14,16)/b13-8+. The summed E-state index contributed by atoms with van der Waals surface area (Å²) in [7, 11) is 0. The summed E-state index contributed by atoms with van der Waals surface area (Å²) in [5.41, 5.74) is 1.88. The zero-order chi connectivity index (χ0) is 13.7. The number of furan rings is 1. The van der Waals surface area contributed by atoms with Crippen LogP contribution in [0, 0.1) is 10.1 Å². The van der Waals surface area contributed by atoms with E-state index in [1.165, 1.54) is 36.7 Å². The van der Waals surface area contributed by atoms with E-state index in [1.807, 2.05) is 0 Å². The maximum Gasteiger partial charge on any atom is 0.282 e. The number of carbonyl (C=O) groups is 1. The van der Waals surface area contributed by atoms with Gasteiger partial charge >= 0.3 is 0 Å². The smallest absolute Gasteiger partial charge is 0.282 e. The number of carbonyl (C=O) groups excluding carboxylic acids is 1. The zero-order valence-electron chi connectivity index (χ0n) is 9.65. The lowest BCUT2D eigenvalue weighted by atomic mass is 10.2. The van der Waals surface area contributed by atoms with Crippen LogP contribution in [0.15, 0.2) is 52.2 Å². The third-order valence-corrected chi connectivity index (χ3v) is 2.25. The highest BCUT2D eigenvalue weighted by Crippen LogP contribution is 2.17. The van der Waals surface area contributed by atoms with E-state index in [0.29, 0.717) is 5.76 Å². The largest absolute Gasteiger partial charge is 0.463 e. The summed E-state index contributed by atoms with van der Waals surface area (Å²) in [5.74, 6) is -0.196. The van der Waals surface area contributed by atoms with Crippen molar-refractivity contribution in [2.24, 2.45) is 5.10 Å². The van der Waals surface area contributed by atoms with Crippen LogP contribution in [0.5, 0.6) is 0 Å². The van der Waals surface area contributed by atoms with Crippen molar-refractivity contribution in [3.8, 4) is 0 Å². The molecule has 2 rings (SSSR count). The topological polar surface area (TPSA) is 97.7 Å². The Morgan fingerprint density at radius 3 is 2.79 bits per heavy atom. The lowest BCUT2D eigenvalue weighted by Crippen LogP contribution is -2.18. The Balaban J connectivity index is 2.10.